The first kappa shape index (κ1) is 19.0. The van der Waals surface area contributed by atoms with Crippen LogP contribution in [0, 0.1) is 0 Å². The molecule has 0 aromatic heterocycles. The number of aliphatic hydroxyl groups excluding tert-OH is 1. The first-order chi connectivity index (χ1) is 10.1. The van der Waals surface area contributed by atoms with E-state index >= 15 is 0 Å². The van der Waals surface area contributed by atoms with E-state index < -0.39 is 6.10 Å². The second-order valence-corrected chi connectivity index (χ2v) is 5.83. The Kier molecular flexibility index (Phi) is 8.51. The maximum atomic E-state index is 10.2. The number of likely N-dealkylation sites (N-methyl/N-ethyl adjacent to an activating group) is 1. The van der Waals surface area contributed by atoms with Crippen molar-refractivity contribution >= 4 is 24.0 Å². The molecule has 0 heterocycles. The fraction of sp³-hybridized carbons (Fsp3) is 0.333. The molecular formula is C18H23Cl2NO. The van der Waals surface area contributed by atoms with Crippen molar-refractivity contribution < 1.29 is 5.11 Å². The molecule has 2 nitrogen and oxygen atoms in total. The second kappa shape index (κ2) is 9.86. The lowest BCUT2D eigenvalue weighted by atomic mass is 10.1. The van der Waals surface area contributed by atoms with Gasteiger partial charge in [0, 0.05) is 18.1 Å². The molecule has 0 amide bonds. The first-order valence-electron chi connectivity index (χ1n) is 7.31. The molecule has 0 saturated heterocycles. The van der Waals surface area contributed by atoms with Gasteiger partial charge in [-0.15, -0.1) is 12.4 Å². The van der Waals surface area contributed by atoms with Crippen molar-refractivity contribution in [2.45, 2.75) is 18.9 Å². The minimum Gasteiger partial charge on any atom is -0.388 e. The Labute approximate surface area is 144 Å². The molecule has 1 N–H and O–H groups in total. The van der Waals surface area contributed by atoms with Gasteiger partial charge in [-0.3, -0.25) is 0 Å². The number of hydrogen-bond donors (Lipinski definition) is 1. The molecule has 0 aliphatic carbocycles. The van der Waals surface area contributed by atoms with Crippen molar-refractivity contribution in [3.05, 3.63) is 70.7 Å². The van der Waals surface area contributed by atoms with Crippen LogP contribution < -0.4 is 0 Å². The first-order valence-corrected chi connectivity index (χ1v) is 7.69. The standard InChI is InChI=1S/C18H22ClNO.ClH/c1-20(13-11-15-5-3-2-4-6-15)14-12-18(21)16-7-9-17(19)10-8-16;/h2-10,18,21H,11-14H2,1H3;1H. The zero-order valence-electron chi connectivity index (χ0n) is 12.8. The van der Waals surface area contributed by atoms with E-state index in [1.165, 1.54) is 5.56 Å². The van der Waals surface area contributed by atoms with Gasteiger partial charge in [-0.05, 0) is 43.1 Å². The summed E-state index contributed by atoms with van der Waals surface area (Å²) in [6, 6.07) is 17.9. The largest absolute Gasteiger partial charge is 0.388 e. The molecule has 0 aliphatic rings. The molecule has 1 atom stereocenters. The average molecular weight is 340 g/mol. The van der Waals surface area contributed by atoms with Crippen molar-refractivity contribution in [2.75, 3.05) is 20.1 Å². The van der Waals surface area contributed by atoms with E-state index in [1.54, 1.807) is 0 Å². The number of rotatable bonds is 7. The van der Waals surface area contributed by atoms with Crippen LogP contribution in [0.5, 0.6) is 0 Å². The summed E-state index contributed by atoms with van der Waals surface area (Å²) in [6.45, 7) is 1.87. The molecule has 4 heteroatoms. The smallest absolute Gasteiger partial charge is 0.0802 e. The van der Waals surface area contributed by atoms with Gasteiger partial charge in [0.05, 0.1) is 6.10 Å². The molecule has 2 aromatic carbocycles. The third-order valence-corrected chi connectivity index (χ3v) is 3.92. The highest BCUT2D eigenvalue weighted by molar-refractivity contribution is 6.30. The molecule has 1 unspecified atom stereocenters. The summed E-state index contributed by atoms with van der Waals surface area (Å²) in [5.41, 5.74) is 2.28. The molecule has 0 radical (unpaired) electrons. The van der Waals surface area contributed by atoms with Crippen LogP contribution in [0.2, 0.25) is 5.02 Å². The Morgan fingerprint density at radius 1 is 1.00 bits per heavy atom. The summed E-state index contributed by atoms with van der Waals surface area (Å²) in [4.78, 5) is 2.26. The van der Waals surface area contributed by atoms with Gasteiger partial charge >= 0.3 is 0 Å². The molecule has 120 valence electrons. The van der Waals surface area contributed by atoms with Gasteiger partial charge in [-0.2, -0.15) is 0 Å². The predicted molar refractivity (Wildman–Crippen MR) is 95.9 cm³/mol. The topological polar surface area (TPSA) is 23.5 Å². The van der Waals surface area contributed by atoms with Crippen molar-refractivity contribution in [3.63, 3.8) is 0 Å². The van der Waals surface area contributed by atoms with Crippen molar-refractivity contribution in [2.24, 2.45) is 0 Å². The minimum absolute atomic E-state index is 0. The zero-order chi connectivity index (χ0) is 15.1. The summed E-state index contributed by atoms with van der Waals surface area (Å²) in [6.07, 6.45) is 1.34. The second-order valence-electron chi connectivity index (χ2n) is 5.39. The Balaban J connectivity index is 0.00000242. The van der Waals surface area contributed by atoms with Gasteiger partial charge in [0.1, 0.15) is 0 Å². The maximum absolute atomic E-state index is 10.2. The van der Waals surface area contributed by atoms with Crippen LogP contribution in [0.15, 0.2) is 54.6 Å². The van der Waals surface area contributed by atoms with Gasteiger partial charge < -0.3 is 10.0 Å². The fourth-order valence-electron chi connectivity index (χ4n) is 2.27. The van der Waals surface area contributed by atoms with E-state index in [4.69, 9.17) is 11.6 Å². The summed E-state index contributed by atoms with van der Waals surface area (Å²) < 4.78 is 0. The van der Waals surface area contributed by atoms with Gasteiger partial charge in [-0.25, -0.2) is 0 Å². The average Bonchev–Trinajstić information content (AvgIpc) is 2.52. The van der Waals surface area contributed by atoms with Crippen LogP contribution in [-0.4, -0.2) is 30.1 Å². The van der Waals surface area contributed by atoms with Crippen LogP contribution >= 0.6 is 24.0 Å². The minimum atomic E-state index is -0.429. The lowest BCUT2D eigenvalue weighted by Gasteiger charge is -2.19. The monoisotopic (exact) mass is 339 g/mol. The molecule has 0 aliphatic heterocycles. The summed E-state index contributed by atoms with van der Waals surface area (Å²) in [7, 11) is 2.09. The van der Waals surface area contributed by atoms with Crippen LogP contribution in [0.4, 0.5) is 0 Å². The maximum Gasteiger partial charge on any atom is 0.0802 e. The van der Waals surface area contributed by atoms with Gasteiger partial charge in [-0.1, -0.05) is 54.1 Å². The van der Waals surface area contributed by atoms with Gasteiger partial charge in [0.25, 0.3) is 0 Å². The van der Waals surface area contributed by atoms with Crippen LogP contribution in [0.25, 0.3) is 0 Å². The number of benzene rings is 2. The van der Waals surface area contributed by atoms with Crippen LogP contribution in [0.1, 0.15) is 23.7 Å². The van der Waals surface area contributed by atoms with Crippen LogP contribution in [0.3, 0.4) is 0 Å². The van der Waals surface area contributed by atoms with Crippen molar-refractivity contribution in [3.8, 4) is 0 Å². The van der Waals surface area contributed by atoms with Gasteiger partial charge in [0.2, 0.25) is 0 Å². The lowest BCUT2D eigenvalue weighted by molar-refractivity contribution is 0.149. The van der Waals surface area contributed by atoms with Crippen molar-refractivity contribution in [1.82, 2.24) is 4.90 Å². The van der Waals surface area contributed by atoms with Gasteiger partial charge in [0.15, 0.2) is 0 Å². The molecule has 2 rings (SSSR count). The number of hydrogen-bond acceptors (Lipinski definition) is 2. The highest BCUT2D eigenvalue weighted by atomic mass is 35.5. The highest BCUT2D eigenvalue weighted by Gasteiger charge is 2.09. The van der Waals surface area contributed by atoms with E-state index in [1.807, 2.05) is 30.3 Å². The molecule has 0 saturated carbocycles. The Hall–Kier alpha value is -1.06. The molecule has 2 aromatic rings. The Bertz CT molecular complexity index is 531. The fourth-order valence-corrected chi connectivity index (χ4v) is 2.40. The number of aliphatic hydroxyl groups is 1. The van der Waals surface area contributed by atoms with E-state index in [9.17, 15) is 5.11 Å². The van der Waals surface area contributed by atoms with E-state index in [0.717, 1.165) is 31.5 Å². The van der Waals surface area contributed by atoms with E-state index in [0.29, 0.717) is 5.02 Å². The quantitative estimate of drug-likeness (QED) is 0.810. The van der Waals surface area contributed by atoms with Crippen LogP contribution in [-0.2, 0) is 6.42 Å². The normalized spacial score (nSPS) is 12.0. The molecule has 0 fully saturated rings. The third kappa shape index (κ3) is 6.37. The summed E-state index contributed by atoms with van der Waals surface area (Å²) in [5, 5.41) is 10.9. The predicted octanol–water partition coefficient (Wildman–Crippen LogP) is 4.36. The van der Waals surface area contributed by atoms with E-state index in [2.05, 4.69) is 36.2 Å². The zero-order valence-corrected chi connectivity index (χ0v) is 14.4. The Morgan fingerprint density at radius 3 is 2.27 bits per heavy atom. The molecule has 0 spiro atoms. The number of halogens is 2. The molecular weight excluding hydrogens is 317 g/mol. The number of nitrogens with zero attached hydrogens (tertiary/aromatic N) is 1. The van der Waals surface area contributed by atoms with E-state index in [-0.39, 0.29) is 12.4 Å². The third-order valence-electron chi connectivity index (χ3n) is 3.66. The summed E-state index contributed by atoms with van der Waals surface area (Å²) in [5.74, 6) is 0. The lowest BCUT2D eigenvalue weighted by Crippen LogP contribution is -2.23. The highest BCUT2D eigenvalue weighted by Crippen LogP contribution is 2.19. The Morgan fingerprint density at radius 2 is 1.64 bits per heavy atom. The molecule has 0 bridgehead atoms. The van der Waals surface area contributed by atoms with Crippen molar-refractivity contribution in [1.29, 1.82) is 0 Å². The summed E-state index contributed by atoms with van der Waals surface area (Å²) >= 11 is 5.85. The SMILES string of the molecule is CN(CCc1ccccc1)CCC(O)c1ccc(Cl)cc1.Cl. The molecule has 22 heavy (non-hydrogen) atoms.